The molecule has 28 heavy (non-hydrogen) atoms. The highest BCUT2D eigenvalue weighted by Crippen LogP contribution is 2.38. The summed E-state index contributed by atoms with van der Waals surface area (Å²) in [4.78, 5) is 14.8. The molecule has 4 nitrogen and oxygen atoms in total. The highest BCUT2D eigenvalue weighted by molar-refractivity contribution is 6.35. The topological polar surface area (TPSA) is 34.5 Å². The van der Waals surface area contributed by atoms with E-state index in [-0.39, 0.29) is 5.91 Å². The summed E-state index contributed by atoms with van der Waals surface area (Å²) in [6.45, 7) is 6.85. The van der Waals surface area contributed by atoms with Gasteiger partial charge in [0.25, 0.3) is 5.91 Å². The monoisotopic (exact) mass is 372 g/mol. The quantitative estimate of drug-likeness (QED) is 0.603. The lowest BCUT2D eigenvalue weighted by Gasteiger charge is -2.13. The van der Waals surface area contributed by atoms with Crippen molar-refractivity contribution in [1.82, 2.24) is 4.57 Å². The van der Waals surface area contributed by atoms with Gasteiger partial charge in [0.1, 0.15) is 5.75 Å². The summed E-state index contributed by atoms with van der Waals surface area (Å²) >= 11 is 0. The maximum absolute atomic E-state index is 13.0. The number of hydrogen-bond donors (Lipinski definition) is 0. The molecule has 4 heteroatoms. The molecule has 1 aromatic heterocycles. The lowest BCUT2D eigenvalue weighted by molar-refractivity contribution is -0.112. The summed E-state index contributed by atoms with van der Waals surface area (Å²) in [5, 5.41) is 0. The maximum Gasteiger partial charge on any atom is 0.258 e. The molecule has 0 bridgehead atoms. The van der Waals surface area contributed by atoms with Crippen molar-refractivity contribution in [3.05, 3.63) is 77.1 Å². The first-order valence-corrected chi connectivity index (χ1v) is 9.51. The van der Waals surface area contributed by atoms with Crippen molar-refractivity contribution < 1.29 is 9.53 Å². The summed E-state index contributed by atoms with van der Waals surface area (Å²) in [5.74, 6) is 0.902. The Morgan fingerprint density at radius 2 is 1.75 bits per heavy atom. The molecule has 0 atom stereocenters. The minimum atomic E-state index is 0.0675. The number of ether oxygens (including phenoxy) is 1. The van der Waals surface area contributed by atoms with Crippen LogP contribution in [0.25, 0.3) is 17.3 Å². The van der Waals surface area contributed by atoms with Crippen molar-refractivity contribution in [2.75, 3.05) is 18.6 Å². The Kier molecular flexibility index (Phi) is 4.55. The number of likely N-dealkylation sites (N-methyl/N-ethyl adjacent to an activating group) is 1. The molecule has 1 aliphatic rings. The molecule has 142 valence electrons. The summed E-state index contributed by atoms with van der Waals surface area (Å²) in [6, 6.07) is 18.2. The van der Waals surface area contributed by atoms with Crippen LogP contribution in [0.5, 0.6) is 5.75 Å². The minimum absolute atomic E-state index is 0.0675. The predicted octanol–water partition coefficient (Wildman–Crippen LogP) is 5.01. The normalized spacial score (nSPS) is 14.6. The Labute approximate surface area is 165 Å². The second-order valence-electron chi connectivity index (χ2n) is 6.98. The first-order chi connectivity index (χ1) is 13.5. The van der Waals surface area contributed by atoms with Crippen LogP contribution in [-0.4, -0.2) is 24.1 Å². The highest BCUT2D eigenvalue weighted by atomic mass is 16.5. The molecule has 0 unspecified atom stereocenters. The molecule has 1 amide bonds. The van der Waals surface area contributed by atoms with Crippen LogP contribution < -0.4 is 9.64 Å². The number of nitrogens with zero attached hydrogens (tertiary/aromatic N) is 2. The predicted molar refractivity (Wildman–Crippen MR) is 114 cm³/mol. The number of rotatable bonds is 4. The Bertz CT molecular complexity index is 1070. The molecule has 0 aliphatic carbocycles. The van der Waals surface area contributed by atoms with Crippen LogP contribution in [0.2, 0.25) is 0 Å². The van der Waals surface area contributed by atoms with E-state index in [2.05, 4.69) is 24.5 Å². The third kappa shape index (κ3) is 2.82. The molecule has 0 fully saturated rings. The summed E-state index contributed by atoms with van der Waals surface area (Å²) in [7, 11) is 1.67. The van der Waals surface area contributed by atoms with Crippen molar-refractivity contribution in [2.24, 2.45) is 0 Å². The molecule has 0 saturated heterocycles. The molecule has 2 aromatic carbocycles. The van der Waals surface area contributed by atoms with Gasteiger partial charge in [0.2, 0.25) is 0 Å². The average molecular weight is 372 g/mol. The van der Waals surface area contributed by atoms with E-state index in [4.69, 9.17) is 4.74 Å². The van der Waals surface area contributed by atoms with Gasteiger partial charge in [0.15, 0.2) is 0 Å². The van der Waals surface area contributed by atoms with E-state index in [9.17, 15) is 4.79 Å². The smallest absolute Gasteiger partial charge is 0.258 e. The minimum Gasteiger partial charge on any atom is -0.497 e. The standard InChI is InChI=1S/C24H24N2O2/c1-5-25-23-9-7-6-8-21(23)22(24(25)27)15-18-14-16(2)26(17(18)3)19-10-12-20(28-4)13-11-19/h6-15H,5H2,1-4H3/b22-15+. The molecule has 0 radical (unpaired) electrons. The molecule has 4 rings (SSSR count). The Morgan fingerprint density at radius 1 is 1.04 bits per heavy atom. The van der Waals surface area contributed by atoms with E-state index >= 15 is 0 Å². The van der Waals surface area contributed by atoms with Crippen LogP contribution in [0.1, 0.15) is 29.4 Å². The number of aryl methyl sites for hydroxylation is 1. The fraction of sp³-hybridized carbons (Fsp3) is 0.208. The Morgan fingerprint density at radius 3 is 2.43 bits per heavy atom. The third-order valence-corrected chi connectivity index (χ3v) is 5.38. The lowest BCUT2D eigenvalue weighted by Crippen LogP contribution is -2.25. The zero-order chi connectivity index (χ0) is 19.8. The van der Waals surface area contributed by atoms with Crippen molar-refractivity contribution in [1.29, 1.82) is 0 Å². The van der Waals surface area contributed by atoms with E-state index < -0.39 is 0 Å². The molecule has 0 saturated carbocycles. The molecule has 0 spiro atoms. The van der Waals surface area contributed by atoms with Crippen LogP contribution in [0.3, 0.4) is 0 Å². The maximum atomic E-state index is 13.0. The van der Waals surface area contributed by atoms with Gasteiger partial charge >= 0.3 is 0 Å². The lowest BCUT2D eigenvalue weighted by atomic mass is 10.0. The number of carbonyl (C=O) groups excluding carboxylic acids is 1. The van der Waals surface area contributed by atoms with E-state index in [1.165, 1.54) is 0 Å². The van der Waals surface area contributed by atoms with Gasteiger partial charge in [-0.25, -0.2) is 0 Å². The van der Waals surface area contributed by atoms with E-state index in [0.29, 0.717) is 6.54 Å². The van der Waals surface area contributed by atoms with Crippen molar-refractivity contribution in [3.8, 4) is 11.4 Å². The number of anilines is 1. The van der Waals surface area contributed by atoms with Gasteiger partial charge in [0.05, 0.1) is 12.8 Å². The summed E-state index contributed by atoms with van der Waals surface area (Å²) in [5.41, 5.74) is 7.12. The first kappa shape index (κ1) is 18.1. The van der Waals surface area contributed by atoms with Gasteiger partial charge in [-0.15, -0.1) is 0 Å². The first-order valence-electron chi connectivity index (χ1n) is 9.51. The van der Waals surface area contributed by atoms with E-state index in [1.807, 2.05) is 66.4 Å². The zero-order valence-corrected chi connectivity index (χ0v) is 16.7. The number of carbonyl (C=O) groups is 1. The number of aromatic nitrogens is 1. The fourth-order valence-electron chi connectivity index (χ4n) is 3.98. The van der Waals surface area contributed by atoms with Crippen LogP contribution in [0.15, 0.2) is 54.6 Å². The molecule has 2 heterocycles. The van der Waals surface area contributed by atoms with Gasteiger partial charge in [-0.05, 0) is 68.8 Å². The largest absolute Gasteiger partial charge is 0.497 e. The molecular formula is C24H24N2O2. The molecule has 1 aliphatic heterocycles. The van der Waals surface area contributed by atoms with Gasteiger partial charge < -0.3 is 14.2 Å². The van der Waals surface area contributed by atoms with Crippen molar-refractivity contribution >= 4 is 23.2 Å². The Hall–Kier alpha value is -3.27. The summed E-state index contributed by atoms with van der Waals surface area (Å²) < 4.78 is 7.47. The van der Waals surface area contributed by atoms with E-state index in [0.717, 1.165) is 45.2 Å². The van der Waals surface area contributed by atoms with Crippen LogP contribution in [-0.2, 0) is 4.79 Å². The van der Waals surface area contributed by atoms with Gasteiger partial charge in [0, 0.05) is 34.8 Å². The third-order valence-electron chi connectivity index (χ3n) is 5.38. The van der Waals surface area contributed by atoms with Gasteiger partial charge in [-0.1, -0.05) is 18.2 Å². The van der Waals surface area contributed by atoms with Crippen molar-refractivity contribution in [3.63, 3.8) is 0 Å². The van der Waals surface area contributed by atoms with Gasteiger partial charge in [-0.2, -0.15) is 0 Å². The number of para-hydroxylation sites is 1. The number of fused-ring (bicyclic) bond motifs is 1. The average Bonchev–Trinajstić information content (AvgIpc) is 3.15. The highest BCUT2D eigenvalue weighted by Gasteiger charge is 2.31. The SMILES string of the molecule is CCN1C(=O)/C(=C/c2cc(C)n(-c3ccc(OC)cc3)c2C)c2ccccc21. The Balaban J connectivity index is 1.80. The number of methoxy groups -OCH3 is 1. The molecular weight excluding hydrogens is 348 g/mol. The molecule has 3 aromatic rings. The second kappa shape index (κ2) is 7.04. The van der Waals surface area contributed by atoms with Gasteiger partial charge in [-0.3, -0.25) is 4.79 Å². The number of amides is 1. The van der Waals surface area contributed by atoms with E-state index in [1.54, 1.807) is 7.11 Å². The fourth-order valence-corrected chi connectivity index (χ4v) is 3.98. The number of benzene rings is 2. The molecule has 0 N–H and O–H groups in total. The number of hydrogen-bond acceptors (Lipinski definition) is 2. The zero-order valence-electron chi connectivity index (χ0n) is 16.7. The second-order valence-corrected chi connectivity index (χ2v) is 6.98. The van der Waals surface area contributed by atoms with Crippen LogP contribution >= 0.6 is 0 Å². The van der Waals surface area contributed by atoms with Crippen LogP contribution in [0.4, 0.5) is 5.69 Å². The van der Waals surface area contributed by atoms with Crippen LogP contribution in [0, 0.1) is 13.8 Å². The van der Waals surface area contributed by atoms with Crippen molar-refractivity contribution in [2.45, 2.75) is 20.8 Å². The summed E-state index contributed by atoms with van der Waals surface area (Å²) in [6.07, 6.45) is 2.03.